The van der Waals surface area contributed by atoms with E-state index >= 15 is 0 Å². The van der Waals surface area contributed by atoms with Gasteiger partial charge in [-0.15, -0.1) is 0 Å². The van der Waals surface area contributed by atoms with E-state index in [2.05, 4.69) is 38.2 Å². The summed E-state index contributed by atoms with van der Waals surface area (Å²) >= 11 is 0. The van der Waals surface area contributed by atoms with Crippen LogP contribution in [0.5, 0.6) is 0 Å². The molecule has 0 aliphatic heterocycles. The first-order chi connectivity index (χ1) is 10.3. The first-order valence-corrected chi connectivity index (χ1v) is 10.9. The Morgan fingerprint density at radius 1 is 0.857 bits per heavy atom. The fraction of sp³-hybridized carbons (Fsp3) is 0.778. The second-order valence-electron chi connectivity index (χ2n) is 6.35. The molecule has 21 heavy (non-hydrogen) atoms. The molecule has 2 aliphatic rings. The van der Waals surface area contributed by atoms with Crippen LogP contribution in [-0.2, 0) is 8.85 Å². The van der Waals surface area contributed by atoms with E-state index in [1.807, 2.05) is 0 Å². The molecular formula is C18H32O2Si. The molecule has 0 aromatic carbocycles. The average Bonchev–Trinajstić information content (AvgIpc) is 2.57. The summed E-state index contributed by atoms with van der Waals surface area (Å²) in [7, 11) is -2.21. The van der Waals surface area contributed by atoms with E-state index in [1.165, 1.54) is 38.5 Å². The molecule has 0 spiro atoms. The lowest BCUT2D eigenvalue weighted by molar-refractivity contribution is 0.151. The zero-order valence-electron chi connectivity index (χ0n) is 13.9. The summed E-state index contributed by atoms with van der Waals surface area (Å²) in [5.74, 6) is 0. The minimum Gasteiger partial charge on any atom is -0.394 e. The van der Waals surface area contributed by atoms with Crippen LogP contribution in [0.3, 0.4) is 0 Å². The van der Waals surface area contributed by atoms with E-state index in [4.69, 9.17) is 8.85 Å². The van der Waals surface area contributed by atoms with Crippen LogP contribution < -0.4 is 0 Å². The number of rotatable bonds is 8. The Morgan fingerprint density at radius 2 is 1.33 bits per heavy atom. The lowest BCUT2D eigenvalue weighted by Crippen LogP contribution is -2.51. The second kappa shape index (κ2) is 8.91. The van der Waals surface area contributed by atoms with Crippen LogP contribution in [0.15, 0.2) is 24.3 Å². The highest BCUT2D eigenvalue weighted by molar-refractivity contribution is 6.71. The smallest absolute Gasteiger partial charge is 0.352 e. The molecule has 0 fully saturated rings. The highest BCUT2D eigenvalue weighted by atomic mass is 28.4. The van der Waals surface area contributed by atoms with Crippen molar-refractivity contribution in [3.8, 4) is 0 Å². The Bertz CT molecular complexity index is 317. The molecule has 0 saturated carbocycles. The molecule has 0 heterocycles. The van der Waals surface area contributed by atoms with Gasteiger partial charge in [-0.2, -0.15) is 0 Å². The fourth-order valence-electron chi connectivity index (χ4n) is 3.56. The van der Waals surface area contributed by atoms with Crippen LogP contribution in [0, 0.1) is 0 Å². The topological polar surface area (TPSA) is 18.5 Å². The van der Waals surface area contributed by atoms with Crippen molar-refractivity contribution in [1.29, 1.82) is 0 Å². The summed E-state index contributed by atoms with van der Waals surface area (Å²) in [6.45, 7) is 6.11. The molecule has 2 unspecified atom stereocenters. The summed E-state index contributed by atoms with van der Waals surface area (Å²) < 4.78 is 13.1. The van der Waals surface area contributed by atoms with Crippen molar-refractivity contribution in [3.63, 3.8) is 0 Å². The van der Waals surface area contributed by atoms with E-state index in [1.54, 1.807) is 0 Å². The SMILES string of the molecule is CCCO[Si](OCCC)(C1C=CCCC1)C1C=CCCC1. The summed E-state index contributed by atoms with van der Waals surface area (Å²) in [6, 6.07) is 0. The molecule has 3 heteroatoms. The van der Waals surface area contributed by atoms with Crippen molar-refractivity contribution in [2.75, 3.05) is 13.2 Å². The molecule has 0 amide bonds. The van der Waals surface area contributed by atoms with Gasteiger partial charge in [0.2, 0.25) is 0 Å². The molecule has 2 rings (SSSR count). The highest BCUT2D eigenvalue weighted by Gasteiger charge is 2.50. The second-order valence-corrected chi connectivity index (χ2v) is 9.85. The van der Waals surface area contributed by atoms with E-state index in [0.717, 1.165) is 26.1 Å². The zero-order chi connectivity index (χ0) is 15.0. The summed E-state index contributed by atoms with van der Waals surface area (Å²) in [5, 5.41) is 0. The Balaban J connectivity index is 2.25. The van der Waals surface area contributed by atoms with Crippen molar-refractivity contribution in [2.45, 2.75) is 76.3 Å². The first kappa shape index (κ1) is 17.0. The third-order valence-electron chi connectivity index (χ3n) is 4.61. The standard InChI is InChI=1S/C18H32O2Si/c1-3-15-19-21(20-16-4-2,17-11-7-5-8-12-17)18-13-9-6-10-14-18/h7,9,11,13,17-18H,3-6,8,10,12,14-16H2,1-2H3. The lowest BCUT2D eigenvalue weighted by atomic mass is 10.1. The van der Waals surface area contributed by atoms with Gasteiger partial charge in [-0.1, -0.05) is 38.2 Å². The molecule has 0 radical (unpaired) electrons. The van der Waals surface area contributed by atoms with Gasteiger partial charge in [-0.25, -0.2) is 0 Å². The molecule has 0 bridgehead atoms. The third kappa shape index (κ3) is 4.30. The maximum absolute atomic E-state index is 6.57. The van der Waals surface area contributed by atoms with Crippen LogP contribution >= 0.6 is 0 Å². The van der Waals surface area contributed by atoms with Gasteiger partial charge < -0.3 is 8.85 Å². The molecule has 0 N–H and O–H groups in total. The van der Waals surface area contributed by atoms with Gasteiger partial charge in [0.15, 0.2) is 0 Å². The molecule has 2 atom stereocenters. The molecule has 2 nitrogen and oxygen atoms in total. The van der Waals surface area contributed by atoms with Gasteiger partial charge in [0, 0.05) is 24.3 Å². The van der Waals surface area contributed by atoms with Crippen molar-refractivity contribution < 1.29 is 8.85 Å². The summed E-state index contributed by atoms with van der Waals surface area (Å²) in [4.78, 5) is 0. The molecule has 0 aromatic heterocycles. The highest BCUT2D eigenvalue weighted by Crippen LogP contribution is 2.45. The monoisotopic (exact) mass is 308 g/mol. The Labute approximate surface area is 131 Å². The van der Waals surface area contributed by atoms with Crippen LogP contribution in [0.25, 0.3) is 0 Å². The molecule has 0 saturated heterocycles. The molecule has 2 aliphatic carbocycles. The van der Waals surface area contributed by atoms with Gasteiger partial charge >= 0.3 is 8.56 Å². The number of hydrogen-bond donors (Lipinski definition) is 0. The fourth-order valence-corrected chi connectivity index (χ4v) is 8.12. The third-order valence-corrected chi connectivity index (χ3v) is 8.95. The van der Waals surface area contributed by atoms with E-state index in [-0.39, 0.29) is 0 Å². The Kier molecular flexibility index (Phi) is 7.21. The van der Waals surface area contributed by atoms with Gasteiger partial charge in [0.25, 0.3) is 0 Å². The van der Waals surface area contributed by atoms with Crippen LogP contribution in [0.4, 0.5) is 0 Å². The van der Waals surface area contributed by atoms with Crippen molar-refractivity contribution in [2.24, 2.45) is 0 Å². The van der Waals surface area contributed by atoms with Crippen LogP contribution in [0.1, 0.15) is 65.2 Å². The summed E-state index contributed by atoms with van der Waals surface area (Å²) in [6.07, 6.45) is 19.2. The Morgan fingerprint density at radius 3 is 1.67 bits per heavy atom. The minimum atomic E-state index is -2.21. The lowest BCUT2D eigenvalue weighted by Gasteiger charge is -2.42. The van der Waals surface area contributed by atoms with Crippen molar-refractivity contribution >= 4 is 8.56 Å². The Hall–Kier alpha value is -0.383. The summed E-state index contributed by atoms with van der Waals surface area (Å²) in [5.41, 5.74) is 1.08. The predicted molar refractivity (Wildman–Crippen MR) is 91.7 cm³/mol. The largest absolute Gasteiger partial charge is 0.394 e. The number of allylic oxidation sites excluding steroid dienone is 4. The minimum absolute atomic E-state index is 0.539. The van der Waals surface area contributed by atoms with E-state index < -0.39 is 8.56 Å². The maximum Gasteiger partial charge on any atom is 0.352 e. The average molecular weight is 309 g/mol. The van der Waals surface area contributed by atoms with Crippen LogP contribution in [-0.4, -0.2) is 21.8 Å². The maximum atomic E-state index is 6.57. The van der Waals surface area contributed by atoms with Crippen molar-refractivity contribution in [1.82, 2.24) is 0 Å². The van der Waals surface area contributed by atoms with Crippen molar-refractivity contribution in [3.05, 3.63) is 24.3 Å². The van der Waals surface area contributed by atoms with E-state index in [0.29, 0.717) is 11.1 Å². The quantitative estimate of drug-likeness (QED) is 0.435. The molecular weight excluding hydrogens is 276 g/mol. The van der Waals surface area contributed by atoms with Gasteiger partial charge in [0.1, 0.15) is 0 Å². The van der Waals surface area contributed by atoms with Gasteiger partial charge in [-0.3, -0.25) is 0 Å². The first-order valence-electron chi connectivity index (χ1n) is 8.94. The molecule has 0 aromatic rings. The normalized spacial score (nSPS) is 26.2. The predicted octanol–water partition coefficient (Wildman–Crippen LogP) is 5.50. The van der Waals surface area contributed by atoms with Crippen LogP contribution in [0.2, 0.25) is 11.1 Å². The zero-order valence-corrected chi connectivity index (χ0v) is 14.9. The molecule has 120 valence electrons. The van der Waals surface area contributed by atoms with Gasteiger partial charge in [-0.05, 0) is 51.4 Å². The van der Waals surface area contributed by atoms with Gasteiger partial charge in [0.05, 0.1) is 0 Å². The van der Waals surface area contributed by atoms with E-state index in [9.17, 15) is 0 Å². The number of hydrogen-bond acceptors (Lipinski definition) is 2.